The molecule has 2 amide bonds. The molecular formula is C24H25N3O4. The molecule has 2 aromatic rings. The largest absolute Gasteiger partial charge is 0.368 e. The van der Waals surface area contributed by atoms with Gasteiger partial charge >= 0.3 is 0 Å². The van der Waals surface area contributed by atoms with E-state index in [1.165, 1.54) is 17.6 Å². The Kier molecular flexibility index (Phi) is 7.35. The highest BCUT2D eigenvalue weighted by molar-refractivity contribution is 6.07. The van der Waals surface area contributed by atoms with Crippen molar-refractivity contribution in [3.05, 3.63) is 77.4 Å². The van der Waals surface area contributed by atoms with Gasteiger partial charge in [-0.3, -0.25) is 19.6 Å². The van der Waals surface area contributed by atoms with Gasteiger partial charge in [0, 0.05) is 50.4 Å². The summed E-state index contributed by atoms with van der Waals surface area (Å²) >= 11 is 0. The first kappa shape index (κ1) is 22.0. The van der Waals surface area contributed by atoms with Crippen molar-refractivity contribution < 1.29 is 19.6 Å². The van der Waals surface area contributed by atoms with Gasteiger partial charge in [0.05, 0.1) is 0 Å². The maximum atomic E-state index is 12.7. The summed E-state index contributed by atoms with van der Waals surface area (Å²) in [5.74, 6) is -0.631. The number of nitrogens with zero attached hydrogens (tertiary/aromatic N) is 2. The molecule has 1 fully saturated rings. The number of ketones is 1. The van der Waals surface area contributed by atoms with Crippen LogP contribution in [0.5, 0.6) is 0 Å². The lowest BCUT2D eigenvalue weighted by molar-refractivity contribution is -0.129. The molecule has 0 bridgehead atoms. The fourth-order valence-corrected chi connectivity index (χ4v) is 3.38. The van der Waals surface area contributed by atoms with Crippen molar-refractivity contribution >= 4 is 35.4 Å². The number of benzene rings is 2. The molecule has 0 spiro atoms. The summed E-state index contributed by atoms with van der Waals surface area (Å²) in [6, 6.07) is 14.8. The first-order chi connectivity index (χ1) is 15.0. The van der Waals surface area contributed by atoms with Crippen LogP contribution in [-0.2, 0) is 9.59 Å². The third-order valence-electron chi connectivity index (χ3n) is 5.10. The van der Waals surface area contributed by atoms with Gasteiger partial charge in [-0.05, 0) is 41.5 Å². The Morgan fingerprint density at radius 2 is 1.55 bits per heavy atom. The molecule has 0 aromatic heterocycles. The summed E-state index contributed by atoms with van der Waals surface area (Å²) in [6.07, 6.45) is 6.04. The van der Waals surface area contributed by atoms with E-state index < -0.39 is 5.91 Å². The van der Waals surface area contributed by atoms with Crippen LogP contribution in [0.1, 0.15) is 28.4 Å². The first-order valence-electron chi connectivity index (χ1n) is 10.0. The third kappa shape index (κ3) is 6.13. The second-order valence-corrected chi connectivity index (χ2v) is 7.22. The van der Waals surface area contributed by atoms with Crippen LogP contribution in [-0.4, -0.2) is 53.9 Å². The molecule has 31 heavy (non-hydrogen) atoms. The summed E-state index contributed by atoms with van der Waals surface area (Å²) in [5, 5.41) is 8.54. The Morgan fingerprint density at radius 1 is 0.903 bits per heavy atom. The predicted octanol–water partition coefficient (Wildman–Crippen LogP) is 2.77. The van der Waals surface area contributed by atoms with Crippen LogP contribution in [0, 0.1) is 0 Å². The second-order valence-electron chi connectivity index (χ2n) is 7.22. The van der Waals surface area contributed by atoms with E-state index >= 15 is 0 Å². The molecule has 1 aliphatic heterocycles. The van der Waals surface area contributed by atoms with Crippen molar-refractivity contribution in [2.24, 2.45) is 0 Å². The molecule has 0 radical (unpaired) electrons. The van der Waals surface area contributed by atoms with E-state index in [1.807, 2.05) is 47.4 Å². The topological polar surface area (TPSA) is 90.0 Å². The van der Waals surface area contributed by atoms with E-state index in [-0.39, 0.29) is 11.7 Å². The van der Waals surface area contributed by atoms with Gasteiger partial charge in [-0.1, -0.05) is 36.4 Å². The summed E-state index contributed by atoms with van der Waals surface area (Å²) < 4.78 is 0. The monoisotopic (exact) mass is 419 g/mol. The number of nitrogens with one attached hydrogen (secondary N) is 1. The van der Waals surface area contributed by atoms with Gasteiger partial charge < -0.3 is 9.80 Å². The Hall–Kier alpha value is -3.71. The zero-order chi connectivity index (χ0) is 22.2. The maximum absolute atomic E-state index is 12.7. The van der Waals surface area contributed by atoms with E-state index in [4.69, 9.17) is 5.21 Å². The summed E-state index contributed by atoms with van der Waals surface area (Å²) in [7, 11) is 0. The van der Waals surface area contributed by atoms with Crippen molar-refractivity contribution in [2.75, 3.05) is 31.1 Å². The molecule has 1 aliphatic rings. The van der Waals surface area contributed by atoms with E-state index in [2.05, 4.69) is 4.90 Å². The number of carbonyl (C=O) groups is 3. The minimum Gasteiger partial charge on any atom is -0.368 e. The highest BCUT2D eigenvalue weighted by Gasteiger charge is 2.19. The van der Waals surface area contributed by atoms with Gasteiger partial charge in [-0.25, -0.2) is 5.48 Å². The highest BCUT2D eigenvalue weighted by Crippen LogP contribution is 2.19. The van der Waals surface area contributed by atoms with Crippen molar-refractivity contribution in [3.63, 3.8) is 0 Å². The Balaban J connectivity index is 1.67. The van der Waals surface area contributed by atoms with Crippen molar-refractivity contribution in [1.82, 2.24) is 10.4 Å². The van der Waals surface area contributed by atoms with Crippen LogP contribution < -0.4 is 10.4 Å². The Bertz CT molecular complexity index is 1020. The quantitative estimate of drug-likeness (QED) is 0.325. The molecule has 0 aliphatic carbocycles. The Morgan fingerprint density at radius 3 is 2.19 bits per heavy atom. The predicted molar refractivity (Wildman–Crippen MR) is 120 cm³/mol. The van der Waals surface area contributed by atoms with Crippen LogP contribution in [0.3, 0.4) is 0 Å². The molecule has 0 atom stereocenters. The lowest BCUT2D eigenvalue weighted by atomic mass is 10.1. The fraction of sp³-hybridized carbons (Fsp3) is 0.208. The fourth-order valence-electron chi connectivity index (χ4n) is 3.38. The van der Waals surface area contributed by atoms with Crippen LogP contribution in [0.2, 0.25) is 0 Å². The number of hydrogen-bond acceptors (Lipinski definition) is 5. The number of carbonyl (C=O) groups excluding carboxylic acids is 3. The second kappa shape index (κ2) is 10.4. The number of anilines is 1. The van der Waals surface area contributed by atoms with E-state index in [0.717, 1.165) is 29.9 Å². The van der Waals surface area contributed by atoms with Crippen LogP contribution in [0.25, 0.3) is 12.2 Å². The number of hydroxylamine groups is 1. The summed E-state index contributed by atoms with van der Waals surface area (Å²) in [4.78, 5) is 39.3. The zero-order valence-electron chi connectivity index (χ0n) is 17.3. The van der Waals surface area contributed by atoms with Gasteiger partial charge in [0.15, 0.2) is 5.78 Å². The maximum Gasteiger partial charge on any atom is 0.267 e. The van der Waals surface area contributed by atoms with Crippen molar-refractivity contribution in [3.8, 4) is 0 Å². The average Bonchev–Trinajstić information content (AvgIpc) is 2.81. The molecule has 160 valence electrons. The Labute approximate surface area is 181 Å². The number of piperazine rings is 1. The number of hydrogen-bond donors (Lipinski definition) is 2. The number of rotatable bonds is 6. The molecule has 0 unspecified atom stereocenters. The molecule has 1 heterocycles. The first-order valence-corrected chi connectivity index (χ1v) is 10.0. The molecule has 7 heteroatoms. The number of amides is 2. The van der Waals surface area contributed by atoms with Crippen LogP contribution in [0.15, 0.2) is 60.7 Å². The standard InChI is InChI=1S/C24H25N3O4/c1-18(28)26-12-14-27(15-13-26)22-7-3-6-21(17-22)23(29)10-8-19-4-2-5-20(16-19)9-11-24(30)25-31/h2-11,16-17,31H,12-15H2,1H3,(H,25,30). The lowest BCUT2D eigenvalue weighted by Crippen LogP contribution is -2.48. The zero-order valence-corrected chi connectivity index (χ0v) is 17.3. The minimum absolute atomic E-state index is 0.0879. The van der Waals surface area contributed by atoms with Crippen molar-refractivity contribution in [2.45, 2.75) is 6.92 Å². The smallest absolute Gasteiger partial charge is 0.267 e. The summed E-state index contributed by atoms with van der Waals surface area (Å²) in [6.45, 7) is 4.42. The van der Waals surface area contributed by atoms with Crippen LogP contribution in [0.4, 0.5) is 5.69 Å². The van der Waals surface area contributed by atoms with Gasteiger partial charge in [0.2, 0.25) is 5.91 Å². The normalized spacial score (nSPS) is 14.3. The minimum atomic E-state index is -0.612. The summed E-state index contributed by atoms with van der Waals surface area (Å²) in [5.41, 5.74) is 4.69. The molecule has 1 saturated heterocycles. The molecule has 3 rings (SSSR count). The third-order valence-corrected chi connectivity index (χ3v) is 5.10. The lowest BCUT2D eigenvalue weighted by Gasteiger charge is -2.35. The van der Waals surface area contributed by atoms with Crippen molar-refractivity contribution in [1.29, 1.82) is 0 Å². The van der Waals surface area contributed by atoms with E-state index in [9.17, 15) is 14.4 Å². The van der Waals surface area contributed by atoms with Gasteiger partial charge in [0.25, 0.3) is 5.91 Å². The van der Waals surface area contributed by atoms with Gasteiger partial charge in [-0.2, -0.15) is 0 Å². The molecule has 0 saturated carbocycles. The highest BCUT2D eigenvalue weighted by atomic mass is 16.5. The number of allylic oxidation sites excluding steroid dienone is 1. The SMILES string of the molecule is CC(=O)N1CCN(c2cccc(C(=O)C=Cc3cccc(C=CC(=O)NO)c3)c2)CC1. The van der Waals surface area contributed by atoms with E-state index in [0.29, 0.717) is 18.7 Å². The molecular weight excluding hydrogens is 394 g/mol. The molecule has 2 N–H and O–H groups in total. The molecule has 7 nitrogen and oxygen atoms in total. The average molecular weight is 419 g/mol. The molecule has 2 aromatic carbocycles. The van der Waals surface area contributed by atoms with Gasteiger partial charge in [0.1, 0.15) is 0 Å². The van der Waals surface area contributed by atoms with Gasteiger partial charge in [-0.15, -0.1) is 0 Å². The van der Waals surface area contributed by atoms with E-state index in [1.54, 1.807) is 25.1 Å². The van der Waals surface area contributed by atoms with Crippen LogP contribution >= 0.6 is 0 Å².